The summed E-state index contributed by atoms with van der Waals surface area (Å²) in [4.78, 5) is 14.1. The zero-order valence-corrected chi connectivity index (χ0v) is 12.4. The summed E-state index contributed by atoms with van der Waals surface area (Å²) in [6.07, 6.45) is 1.36. The van der Waals surface area contributed by atoms with Gasteiger partial charge in [-0.2, -0.15) is 0 Å². The third-order valence-electron chi connectivity index (χ3n) is 4.13. The molecule has 0 spiro atoms. The number of nitrogens with two attached hydrogens (primary N) is 1. The van der Waals surface area contributed by atoms with Crippen molar-refractivity contribution in [3.63, 3.8) is 0 Å². The van der Waals surface area contributed by atoms with Gasteiger partial charge in [-0.25, -0.2) is 0 Å². The van der Waals surface area contributed by atoms with E-state index in [1.807, 2.05) is 11.8 Å². The SMILES string of the molecule is CCN1C(=O)CCC(N)C1c1c(C)cc(C)cc1C. The van der Waals surface area contributed by atoms with Crippen LogP contribution >= 0.6 is 0 Å². The van der Waals surface area contributed by atoms with Gasteiger partial charge in [-0.15, -0.1) is 0 Å². The maximum atomic E-state index is 12.1. The van der Waals surface area contributed by atoms with Crippen molar-refractivity contribution in [2.75, 3.05) is 6.54 Å². The molecule has 0 aromatic heterocycles. The fourth-order valence-corrected chi connectivity index (χ4v) is 3.38. The molecule has 1 aliphatic heterocycles. The highest BCUT2D eigenvalue weighted by Crippen LogP contribution is 2.34. The number of carbonyl (C=O) groups is 1. The summed E-state index contributed by atoms with van der Waals surface area (Å²) < 4.78 is 0. The van der Waals surface area contributed by atoms with E-state index in [4.69, 9.17) is 5.73 Å². The minimum absolute atomic E-state index is 0.0341. The zero-order valence-electron chi connectivity index (χ0n) is 12.4. The third kappa shape index (κ3) is 2.52. The van der Waals surface area contributed by atoms with Crippen LogP contribution in [0.15, 0.2) is 12.1 Å². The van der Waals surface area contributed by atoms with Crippen molar-refractivity contribution >= 4 is 5.91 Å². The first kappa shape index (κ1) is 14.1. The lowest BCUT2D eigenvalue weighted by Gasteiger charge is -2.40. The van der Waals surface area contributed by atoms with E-state index in [0.717, 1.165) is 13.0 Å². The number of likely N-dealkylation sites (tertiary alicyclic amines) is 1. The molecule has 2 unspecified atom stereocenters. The summed E-state index contributed by atoms with van der Waals surface area (Å²) >= 11 is 0. The number of aryl methyl sites for hydroxylation is 3. The van der Waals surface area contributed by atoms with Gasteiger partial charge in [0, 0.05) is 19.0 Å². The third-order valence-corrected chi connectivity index (χ3v) is 4.13. The van der Waals surface area contributed by atoms with Gasteiger partial charge in [0.1, 0.15) is 0 Å². The number of hydrogen-bond donors (Lipinski definition) is 1. The smallest absolute Gasteiger partial charge is 0.223 e. The molecule has 0 saturated carbocycles. The summed E-state index contributed by atoms with van der Waals surface area (Å²) in [7, 11) is 0. The van der Waals surface area contributed by atoms with E-state index in [-0.39, 0.29) is 18.0 Å². The van der Waals surface area contributed by atoms with Gasteiger partial charge in [0.15, 0.2) is 0 Å². The molecule has 2 atom stereocenters. The molecule has 0 radical (unpaired) electrons. The monoisotopic (exact) mass is 260 g/mol. The van der Waals surface area contributed by atoms with Crippen molar-refractivity contribution in [2.45, 2.75) is 52.6 Å². The lowest BCUT2D eigenvalue weighted by Crippen LogP contribution is -2.49. The van der Waals surface area contributed by atoms with E-state index in [1.165, 1.54) is 22.3 Å². The molecule has 1 aromatic rings. The van der Waals surface area contributed by atoms with Gasteiger partial charge in [-0.05, 0) is 50.8 Å². The van der Waals surface area contributed by atoms with Crippen LogP contribution < -0.4 is 5.73 Å². The maximum Gasteiger partial charge on any atom is 0.223 e. The molecule has 104 valence electrons. The normalized spacial score (nSPS) is 23.8. The van der Waals surface area contributed by atoms with E-state index >= 15 is 0 Å². The average molecular weight is 260 g/mol. The van der Waals surface area contributed by atoms with Crippen molar-refractivity contribution in [3.8, 4) is 0 Å². The Bertz CT molecular complexity index is 473. The first-order valence-electron chi connectivity index (χ1n) is 7.08. The van der Waals surface area contributed by atoms with Crippen molar-refractivity contribution in [3.05, 3.63) is 34.4 Å². The van der Waals surface area contributed by atoms with Crippen molar-refractivity contribution < 1.29 is 4.79 Å². The van der Waals surface area contributed by atoms with Crippen LogP contribution in [0.5, 0.6) is 0 Å². The second-order valence-electron chi connectivity index (χ2n) is 5.64. The fraction of sp³-hybridized carbons (Fsp3) is 0.562. The number of rotatable bonds is 2. The summed E-state index contributed by atoms with van der Waals surface area (Å²) in [6.45, 7) is 9.10. The van der Waals surface area contributed by atoms with Crippen LogP contribution in [0.4, 0.5) is 0 Å². The second-order valence-corrected chi connectivity index (χ2v) is 5.64. The van der Waals surface area contributed by atoms with Gasteiger partial charge in [0.05, 0.1) is 6.04 Å². The number of likely N-dealkylation sites (N-methyl/N-ethyl adjacent to an activating group) is 1. The summed E-state index contributed by atoms with van der Waals surface area (Å²) in [5.41, 5.74) is 11.3. The molecule has 1 aromatic carbocycles. The standard InChI is InChI=1S/C16H24N2O/c1-5-18-14(19)7-6-13(17)16(18)15-11(3)8-10(2)9-12(15)4/h8-9,13,16H,5-7,17H2,1-4H3. The van der Waals surface area contributed by atoms with Crippen LogP contribution in [0.1, 0.15) is 48.1 Å². The molecule has 1 saturated heterocycles. The van der Waals surface area contributed by atoms with Gasteiger partial charge in [-0.1, -0.05) is 17.7 Å². The van der Waals surface area contributed by atoms with Crippen molar-refractivity contribution in [1.29, 1.82) is 0 Å². The minimum Gasteiger partial charge on any atom is -0.334 e. The molecule has 2 N–H and O–H groups in total. The molecule has 0 bridgehead atoms. The van der Waals surface area contributed by atoms with Gasteiger partial charge in [-0.3, -0.25) is 4.79 Å². The van der Waals surface area contributed by atoms with Crippen LogP contribution in [-0.2, 0) is 4.79 Å². The summed E-state index contributed by atoms with van der Waals surface area (Å²) in [6, 6.07) is 4.44. The first-order chi connectivity index (χ1) is 8.95. The Kier molecular flexibility index (Phi) is 3.95. The van der Waals surface area contributed by atoms with Gasteiger partial charge in [0.25, 0.3) is 0 Å². The minimum atomic E-state index is 0.0341. The molecule has 3 nitrogen and oxygen atoms in total. The molecule has 2 rings (SSSR count). The van der Waals surface area contributed by atoms with Crippen molar-refractivity contribution in [1.82, 2.24) is 4.90 Å². The highest BCUT2D eigenvalue weighted by molar-refractivity contribution is 5.78. The number of hydrogen-bond acceptors (Lipinski definition) is 2. The lowest BCUT2D eigenvalue weighted by molar-refractivity contribution is -0.137. The van der Waals surface area contributed by atoms with Gasteiger partial charge < -0.3 is 10.6 Å². The topological polar surface area (TPSA) is 46.3 Å². The van der Waals surface area contributed by atoms with E-state index in [0.29, 0.717) is 6.42 Å². The Morgan fingerprint density at radius 3 is 2.37 bits per heavy atom. The van der Waals surface area contributed by atoms with Crippen LogP contribution in [0.3, 0.4) is 0 Å². The van der Waals surface area contributed by atoms with E-state index < -0.39 is 0 Å². The van der Waals surface area contributed by atoms with Crippen molar-refractivity contribution in [2.24, 2.45) is 5.73 Å². The Morgan fingerprint density at radius 2 is 1.84 bits per heavy atom. The Balaban J connectivity index is 2.51. The molecule has 0 aliphatic carbocycles. The maximum absolute atomic E-state index is 12.1. The molecular weight excluding hydrogens is 236 g/mol. The number of amides is 1. The summed E-state index contributed by atoms with van der Waals surface area (Å²) in [5, 5.41) is 0. The molecule has 3 heteroatoms. The Hall–Kier alpha value is -1.35. The number of carbonyl (C=O) groups excluding carboxylic acids is 1. The summed E-state index contributed by atoms with van der Waals surface area (Å²) in [5.74, 6) is 0.230. The molecule has 19 heavy (non-hydrogen) atoms. The van der Waals surface area contributed by atoms with Crippen LogP contribution in [-0.4, -0.2) is 23.4 Å². The Labute approximate surface area is 115 Å². The molecule has 1 fully saturated rings. The molecule has 1 amide bonds. The van der Waals surface area contributed by atoms with E-state index in [1.54, 1.807) is 0 Å². The van der Waals surface area contributed by atoms with E-state index in [9.17, 15) is 4.79 Å². The quantitative estimate of drug-likeness (QED) is 0.888. The average Bonchev–Trinajstić information content (AvgIpc) is 2.32. The van der Waals surface area contributed by atoms with Gasteiger partial charge >= 0.3 is 0 Å². The fourth-order valence-electron chi connectivity index (χ4n) is 3.38. The predicted molar refractivity (Wildman–Crippen MR) is 78.0 cm³/mol. The lowest BCUT2D eigenvalue weighted by atomic mass is 9.85. The Morgan fingerprint density at radius 1 is 1.26 bits per heavy atom. The largest absolute Gasteiger partial charge is 0.334 e. The molecular formula is C16H24N2O. The zero-order chi connectivity index (χ0) is 14.2. The van der Waals surface area contributed by atoms with Crippen LogP contribution in [0.25, 0.3) is 0 Å². The highest BCUT2D eigenvalue weighted by Gasteiger charge is 2.35. The predicted octanol–water partition coefficient (Wildman–Crippen LogP) is 2.62. The number of piperidine rings is 1. The van der Waals surface area contributed by atoms with Crippen LogP contribution in [0.2, 0.25) is 0 Å². The first-order valence-corrected chi connectivity index (χ1v) is 7.08. The second kappa shape index (κ2) is 5.33. The highest BCUT2D eigenvalue weighted by atomic mass is 16.2. The molecule has 1 heterocycles. The molecule has 1 aliphatic rings. The van der Waals surface area contributed by atoms with Gasteiger partial charge in [0.2, 0.25) is 5.91 Å². The number of nitrogens with zero attached hydrogens (tertiary/aromatic N) is 1. The van der Waals surface area contributed by atoms with Crippen LogP contribution in [0, 0.1) is 20.8 Å². The number of benzene rings is 1. The van der Waals surface area contributed by atoms with E-state index in [2.05, 4.69) is 32.9 Å².